The minimum absolute atomic E-state index is 0.381. The highest BCUT2D eigenvalue weighted by atomic mass is 79.9. The van der Waals surface area contributed by atoms with Crippen molar-refractivity contribution in [2.45, 2.75) is 33.4 Å². The first-order valence-corrected chi connectivity index (χ1v) is 7.72. The van der Waals surface area contributed by atoms with Crippen molar-refractivity contribution in [3.05, 3.63) is 55.7 Å². The Kier molecular flexibility index (Phi) is 4.60. The fourth-order valence-corrected chi connectivity index (χ4v) is 3.56. The molecule has 0 aliphatic heterocycles. The molecule has 2 aromatic rings. The second-order valence-corrected chi connectivity index (χ2v) is 7.22. The third kappa shape index (κ3) is 3.44. The van der Waals surface area contributed by atoms with Gasteiger partial charge in [-0.05, 0) is 60.0 Å². The van der Waals surface area contributed by atoms with Crippen LogP contribution in [0.25, 0.3) is 0 Å². The van der Waals surface area contributed by atoms with E-state index in [4.69, 9.17) is 0 Å². The molecule has 1 aromatic carbocycles. The van der Waals surface area contributed by atoms with Gasteiger partial charge in [0.05, 0.1) is 3.79 Å². The van der Waals surface area contributed by atoms with E-state index in [-0.39, 0.29) is 0 Å². The van der Waals surface area contributed by atoms with E-state index >= 15 is 0 Å². The van der Waals surface area contributed by atoms with Crippen LogP contribution in [0.5, 0.6) is 0 Å². The molecule has 0 spiro atoms. The van der Waals surface area contributed by atoms with E-state index < -0.39 is 0 Å². The highest BCUT2D eigenvalue weighted by Crippen LogP contribution is 2.23. The fourth-order valence-electron chi connectivity index (χ4n) is 2.12. The van der Waals surface area contributed by atoms with Crippen LogP contribution in [-0.4, -0.2) is 0 Å². The zero-order chi connectivity index (χ0) is 13.1. The van der Waals surface area contributed by atoms with Crippen molar-refractivity contribution >= 4 is 27.3 Å². The minimum atomic E-state index is 0.381. The van der Waals surface area contributed by atoms with Gasteiger partial charge in [-0.15, -0.1) is 11.3 Å². The van der Waals surface area contributed by atoms with Crippen molar-refractivity contribution in [2.24, 2.45) is 0 Å². The first-order chi connectivity index (χ1) is 8.56. The lowest BCUT2D eigenvalue weighted by Crippen LogP contribution is -2.18. The lowest BCUT2D eigenvalue weighted by atomic mass is 10.0. The molecule has 0 saturated heterocycles. The molecule has 0 radical (unpaired) electrons. The standard InChI is InChI=1S/C15H18BrNS/c1-10-4-6-14(11(2)8-10)12(3)17-9-13-5-7-15(16)18-13/h4-8,12,17H,9H2,1-3H3. The molecule has 3 heteroatoms. The Morgan fingerprint density at radius 3 is 2.61 bits per heavy atom. The number of hydrogen-bond donors (Lipinski definition) is 1. The maximum absolute atomic E-state index is 3.58. The summed E-state index contributed by atoms with van der Waals surface area (Å²) < 4.78 is 1.19. The topological polar surface area (TPSA) is 12.0 Å². The van der Waals surface area contributed by atoms with Crippen LogP contribution >= 0.6 is 27.3 Å². The smallest absolute Gasteiger partial charge is 0.0701 e. The summed E-state index contributed by atoms with van der Waals surface area (Å²) in [6, 6.07) is 11.3. The molecule has 0 aliphatic rings. The Morgan fingerprint density at radius 1 is 1.22 bits per heavy atom. The molecule has 2 rings (SSSR count). The van der Waals surface area contributed by atoms with Gasteiger partial charge in [-0.3, -0.25) is 0 Å². The summed E-state index contributed by atoms with van der Waals surface area (Å²) in [5.41, 5.74) is 4.07. The van der Waals surface area contributed by atoms with Gasteiger partial charge in [0.25, 0.3) is 0 Å². The zero-order valence-corrected chi connectivity index (χ0v) is 13.4. The molecule has 0 amide bonds. The van der Waals surface area contributed by atoms with Gasteiger partial charge >= 0.3 is 0 Å². The maximum Gasteiger partial charge on any atom is 0.0701 e. The van der Waals surface area contributed by atoms with E-state index in [1.807, 2.05) is 0 Å². The number of halogens is 1. The highest BCUT2D eigenvalue weighted by molar-refractivity contribution is 9.11. The summed E-state index contributed by atoms with van der Waals surface area (Å²) in [7, 11) is 0. The Hall–Kier alpha value is -0.640. The third-order valence-corrected chi connectivity index (χ3v) is 4.73. The van der Waals surface area contributed by atoms with E-state index in [0.29, 0.717) is 6.04 Å². The normalized spacial score (nSPS) is 12.7. The second-order valence-electron chi connectivity index (χ2n) is 4.67. The Morgan fingerprint density at radius 2 is 2.00 bits per heavy atom. The van der Waals surface area contributed by atoms with Crippen molar-refractivity contribution in [3.8, 4) is 0 Å². The number of aryl methyl sites for hydroxylation is 2. The molecule has 1 N–H and O–H groups in total. The molecule has 96 valence electrons. The highest BCUT2D eigenvalue weighted by Gasteiger charge is 2.08. The van der Waals surface area contributed by atoms with Gasteiger partial charge < -0.3 is 5.32 Å². The molecule has 1 aromatic heterocycles. The molecule has 0 bridgehead atoms. The van der Waals surface area contributed by atoms with Gasteiger partial charge in [-0.25, -0.2) is 0 Å². The molecule has 0 aliphatic carbocycles. The molecule has 1 unspecified atom stereocenters. The van der Waals surface area contributed by atoms with E-state index in [9.17, 15) is 0 Å². The Labute approximate surface area is 121 Å². The van der Waals surface area contributed by atoms with Crippen LogP contribution in [0.15, 0.2) is 34.1 Å². The summed E-state index contributed by atoms with van der Waals surface area (Å²) >= 11 is 5.28. The van der Waals surface area contributed by atoms with Crippen molar-refractivity contribution in [2.75, 3.05) is 0 Å². The Balaban J connectivity index is 2.01. The summed E-state index contributed by atoms with van der Waals surface area (Å²) in [5, 5.41) is 3.58. The van der Waals surface area contributed by atoms with Gasteiger partial charge in [0.15, 0.2) is 0 Å². The average molecular weight is 324 g/mol. The number of nitrogens with one attached hydrogen (secondary N) is 1. The maximum atomic E-state index is 3.58. The largest absolute Gasteiger partial charge is 0.305 e. The van der Waals surface area contributed by atoms with E-state index in [0.717, 1.165) is 6.54 Å². The zero-order valence-electron chi connectivity index (χ0n) is 11.0. The van der Waals surface area contributed by atoms with Crippen molar-refractivity contribution in [3.63, 3.8) is 0 Å². The Bertz CT molecular complexity index is 533. The van der Waals surface area contributed by atoms with Crippen LogP contribution in [0, 0.1) is 13.8 Å². The lowest BCUT2D eigenvalue weighted by Gasteiger charge is -2.16. The quantitative estimate of drug-likeness (QED) is 0.836. The summed E-state index contributed by atoms with van der Waals surface area (Å²) in [5.74, 6) is 0. The van der Waals surface area contributed by atoms with E-state index in [1.54, 1.807) is 11.3 Å². The van der Waals surface area contributed by atoms with Gasteiger partial charge in [0.2, 0.25) is 0 Å². The molecular formula is C15H18BrNS. The lowest BCUT2D eigenvalue weighted by molar-refractivity contribution is 0.576. The fraction of sp³-hybridized carbons (Fsp3) is 0.333. The molecular weight excluding hydrogens is 306 g/mol. The first-order valence-electron chi connectivity index (χ1n) is 6.11. The van der Waals surface area contributed by atoms with Crippen molar-refractivity contribution in [1.82, 2.24) is 5.32 Å². The third-order valence-electron chi connectivity index (χ3n) is 3.10. The van der Waals surface area contributed by atoms with Gasteiger partial charge in [-0.2, -0.15) is 0 Å². The first kappa shape index (κ1) is 13.8. The van der Waals surface area contributed by atoms with Crippen LogP contribution in [0.4, 0.5) is 0 Å². The molecule has 1 nitrogen and oxygen atoms in total. The SMILES string of the molecule is Cc1ccc(C(C)NCc2ccc(Br)s2)c(C)c1. The monoisotopic (exact) mass is 323 g/mol. The van der Waals surface area contributed by atoms with Gasteiger partial charge in [-0.1, -0.05) is 23.8 Å². The summed E-state index contributed by atoms with van der Waals surface area (Å²) in [4.78, 5) is 1.36. The van der Waals surface area contributed by atoms with Gasteiger partial charge in [0.1, 0.15) is 0 Å². The van der Waals surface area contributed by atoms with Crippen molar-refractivity contribution < 1.29 is 0 Å². The van der Waals surface area contributed by atoms with Crippen LogP contribution < -0.4 is 5.32 Å². The van der Waals surface area contributed by atoms with Crippen LogP contribution in [0.2, 0.25) is 0 Å². The molecule has 0 fully saturated rings. The van der Waals surface area contributed by atoms with E-state index in [1.165, 1.54) is 25.4 Å². The van der Waals surface area contributed by atoms with Crippen LogP contribution in [0.3, 0.4) is 0 Å². The van der Waals surface area contributed by atoms with Crippen LogP contribution in [-0.2, 0) is 6.54 Å². The minimum Gasteiger partial charge on any atom is -0.305 e. The number of thiophene rings is 1. The summed E-state index contributed by atoms with van der Waals surface area (Å²) in [6.07, 6.45) is 0. The molecule has 0 saturated carbocycles. The van der Waals surface area contributed by atoms with Crippen LogP contribution in [0.1, 0.15) is 34.5 Å². The molecule has 18 heavy (non-hydrogen) atoms. The van der Waals surface area contributed by atoms with E-state index in [2.05, 4.69) is 72.3 Å². The number of rotatable bonds is 4. The van der Waals surface area contributed by atoms with Crippen molar-refractivity contribution in [1.29, 1.82) is 0 Å². The van der Waals surface area contributed by atoms with Gasteiger partial charge in [0, 0.05) is 17.5 Å². The molecule has 1 atom stereocenters. The number of benzene rings is 1. The average Bonchev–Trinajstić information content (AvgIpc) is 2.72. The second kappa shape index (κ2) is 6.00. The summed E-state index contributed by atoms with van der Waals surface area (Å²) in [6.45, 7) is 7.46. The predicted octanol–water partition coefficient (Wildman–Crippen LogP) is 4.98. The molecule has 1 heterocycles. The number of hydrogen-bond acceptors (Lipinski definition) is 2. The predicted molar refractivity (Wildman–Crippen MR) is 83.2 cm³/mol.